The molecule has 0 spiro atoms. The van der Waals surface area contributed by atoms with Crippen molar-refractivity contribution in [3.8, 4) is 17.4 Å². The summed E-state index contributed by atoms with van der Waals surface area (Å²) in [5.74, 6) is 1.34. The smallest absolute Gasteiger partial charge is 0.497 e. The highest BCUT2D eigenvalue weighted by atomic mass is 35.5. The Labute approximate surface area is 167 Å². The van der Waals surface area contributed by atoms with Gasteiger partial charge in [0.15, 0.2) is 0 Å². The summed E-state index contributed by atoms with van der Waals surface area (Å²) in [6.07, 6.45) is -1.41. The van der Waals surface area contributed by atoms with Crippen LogP contribution in [0.5, 0.6) is 17.4 Å². The van der Waals surface area contributed by atoms with E-state index in [-0.39, 0.29) is 5.88 Å². The number of hydrogen-bond acceptors (Lipinski definition) is 5. The molecule has 0 aliphatic heterocycles. The van der Waals surface area contributed by atoms with Crippen molar-refractivity contribution in [3.05, 3.63) is 70.4 Å². The van der Waals surface area contributed by atoms with Crippen LogP contribution < -0.4 is 14.2 Å². The van der Waals surface area contributed by atoms with E-state index < -0.39 is 6.16 Å². The van der Waals surface area contributed by atoms with Crippen LogP contribution in [0.2, 0.25) is 5.02 Å². The van der Waals surface area contributed by atoms with E-state index in [1.54, 1.807) is 23.9 Å². The summed E-state index contributed by atoms with van der Waals surface area (Å²) in [5.41, 5.74) is 2.44. The molecule has 146 valence electrons. The van der Waals surface area contributed by atoms with Gasteiger partial charge in [0.2, 0.25) is 5.88 Å². The lowest BCUT2D eigenvalue weighted by molar-refractivity contribution is 0.142. The van der Waals surface area contributed by atoms with Crippen LogP contribution in [0.1, 0.15) is 16.8 Å². The van der Waals surface area contributed by atoms with Gasteiger partial charge in [0.1, 0.15) is 18.1 Å². The molecule has 0 unspecified atom stereocenters. The van der Waals surface area contributed by atoms with Crippen LogP contribution in [0.3, 0.4) is 0 Å². The number of methoxy groups -OCH3 is 1. The lowest BCUT2D eigenvalue weighted by Gasteiger charge is -2.14. The number of ether oxygens (including phenoxy) is 3. The highest BCUT2D eigenvalue weighted by Gasteiger charge is 2.13. The van der Waals surface area contributed by atoms with Crippen LogP contribution in [0, 0.1) is 6.92 Å². The van der Waals surface area contributed by atoms with E-state index in [9.17, 15) is 4.79 Å². The van der Waals surface area contributed by atoms with Crippen molar-refractivity contribution in [2.75, 3.05) is 7.11 Å². The zero-order valence-electron chi connectivity index (χ0n) is 15.4. The Bertz CT molecular complexity index is 986. The topological polar surface area (TPSA) is 82.8 Å². The molecule has 8 heteroatoms. The van der Waals surface area contributed by atoms with E-state index in [0.29, 0.717) is 29.7 Å². The first kappa shape index (κ1) is 19.6. The van der Waals surface area contributed by atoms with Crippen molar-refractivity contribution in [1.82, 2.24) is 9.78 Å². The van der Waals surface area contributed by atoms with Crippen LogP contribution in [-0.2, 0) is 13.2 Å². The van der Waals surface area contributed by atoms with Crippen molar-refractivity contribution in [3.63, 3.8) is 0 Å². The molecule has 28 heavy (non-hydrogen) atoms. The second kappa shape index (κ2) is 8.67. The molecule has 0 atom stereocenters. The van der Waals surface area contributed by atoms with Gasteiger partial charge in [0.25, 0.3) is 0 Å². The van der Waals surface area contributed by atoms with Gasteiger partial charge in [-0.1, -0.05) is 29.8 Å². The van der Waals surface area contributed by atoms with Crippen molar-refractivity contribution < 1.29 is 24.1 Å². The summed E-state index contributed by atoms with van der Waals surface area (Å²) in [6, 6.07) is 14.5. The van der Waals surface area contributed by atoms with Crippen LogP contribution in [0.25, 0.3) is 0 Å². The van der Waals surface area contributed by atoms with Crippen LogP contribution in [-0.4, -0.2) is 28.2 Å². The average molecular weight is 403 g/mol. The Hall–Kier alpha value is -3.19. The van der Waals surface area contributed by atoms with Gasteiger partial charge in [-0.05, 0) is 31.2 Å². The summed E-state index contributed by atoms with van der Waals surface area (Å²) >= 11 is 6.20. The fraction of sp³-hybridized carbons (Fsp3) is 0.200. The monoisotopic (exact) mass is 402 g/mol. The van der Waals surface area contributed by atoms with Crippen molar-refractivity contribution in [2.24, 2.45) is 0 Å². The third-order valence-corrected chi connectivity index (χ3v) is 4.45. The Kier molecular flexibility index (Phi) is 6.06. The van der Waals surface area contributed by atoms with E-state index >= 15 is 0 Å². The maximum Gasteiger partial charge on any atom is 0.512 e. The zero-order chi connectivity index (χ0) is 20.1. The molecule has 7 nitrogen and oxygen atoms in total. The Morgan fingerprint density at radius 1 is 1.18 bits per heavy atom. The molecule has 0 fully saturated rings. The van der Waals surface area contributed by atoms with E-state index in [1.165, 1.54) is 0 Å². The molecule has 0 amide bonds. The number of benzene rings is 2. The molecule has 0 saturated carbocycles. The molecule has 3 aromatic rings. The van der Waals surface area contributed by atoms with Crippen LogP contribution in [0.4, 0.5) is 4.79 Å². The molecule has 0 aliphatic rings. The van der Waals surface area contributed by atoms with Crippen molar-refractivity contribution >= 4 is 17.8 Å². The summed E-state index contributed by atoms with van der Waals surface area (Å²) < 4.78 is 17.5. The molecule has 0 radical (unpaired) electrons. The number of aromatic nitrogens is 2. The second-order valence-corrected chi connectivity index (χ2v) is 6.41. The lowest BCUT2D eigenvalue weighted by Crippen LogP contribution is -2.08. The van der Waals surface area contributed by atoms with Gasteiger partial charge in [-0.25, -0.2) is 4.79 Å². The number of halogens is 1. The lowest BCUT2D eigenvalue weighted by atomic mass is 10.1. The molecule has 2 aromatic carbocycles. The van der Waals surface area contributed by atoms with E-state index in [1.807, 2.05) is 43.3 Å². The second-order valence-electron chi connectivity index (χ2n) is 6.00. The summed E-state index contributed by atoms with van der Waals surface area (Å²) in [5, 5.41) is 13.6. The zero-order valence-corrected chi connectivity index (χ0v) is 16.1. The number of carbonyl (C=O) groups is 1. The van der Waals surface area contributed by atoms with E-state index in [2.05, 4.69) is 9.84 Å². The number of carboxylic acid groups (broad SMARTS) is 1. The van der Waals surface area contributed by atoms with Crippen molar-refractivity contribution in [2.45, 2.75) is 20.1 Å². The quantitative estimate of drug-likeness (QED) is 0.584. The predicted octanol–water partition coefficient (Wildman–Crippen LogP) is 4.54. The molecule has 0 aliphatic carbocycles. The van der Waals surface area contributed by atoms with Crippen LogP contribution >= 0.6 is 11.6 Å². The molecule has 0 saturated heterocycles. The third-order valence-electron chi connectivity index (χ3n) is 4.08. The van der Waals surface area contributed by atoms with Gasteiger partial charge in [-0.15, -0.1) is 5.10 Å². The highest BCUT2D eigenvalue weighted by Crippen LogP contribution is 2.27. The molecule has 1 heterocycles. The van der Waals surface area contributed by atoms with Gasteiger partial charge >= 0.3 is 6.16 Å². The molecule has 1 aromatic heterocycles. The minimum Gasteiger partial charge on any atom is -0.497 e. The number of aryl methyl sites for hydroxylation is 1. The SMILES string of the molecule is COc1ccc(OCc2ccccc2Cl)c(Cn2nc(OC(=O)O)cc2C)c1. The first-order chi connectivity index (χ1) is 13.5. The summed E-state index contributed by atoms with van der Waals surface area (Å²) in [6.45, 7) is 2.47. The van der Waals surface area contributed by atoms with Gasteiger partial charge in [0, 0.05) is 27.9 Å². The van der Waals surface area contributed by atoms with E-state index in [4.69, 9.17) is 26.2 Å². The predicted molar refractivity (Wildman–Crippen MR) is 103 cm³/mol. The fourth-order valence-electron chi connectivity index (χ4n) is 2.66. The number of nitrogens with zero attached hydrogens (tertiary/aromatic N) is 2. The summed E-state index contributed by atoms with van der Waals surface area (Å²) in [4.78, 5) is 10.7. The largest absolute Gasteiger partial charge is 0.512 e. The number of hydrogen-bond donors (Lipinski definition) is 1. The number of rotatable bonds is 7. The van der Waals surface area contributed by atoms with Gasteiger partial charge < -0.3 is 19.3 Å². The average Bonchev–Trinajstić information content (AvgIpc) is 2.99. The highest BCUT2D eigenvalue weighted by molar-refractivity contribution is 6.31. The first-order valence-corrected chi connectivity index (χ1v) is 8.82. The van der Waals surface area contributed by atoms with Gasteiger partial charge in [-0.3, -0.25) is 4.68 Å². The first-order valence-electron chi connectivity index (χ1n) is 8.44. The molecule has 3 rings (SSSR count). The third kappa shape index (κ3) is 4.75. The molecular formula is C20H19ClN2O5. The van der Waals surface area contributed by atoms with Gasteiger partial charge in [-0.2, -0.15) is 0 Å². The maximum atomic E-state index is 10.7. The molecule has 1 N–H and O–H groups in total. The minimum atomic E-state index is -1.41. The Morgan fingerprint density at radius 3 is 2.68 bits per heavy atom. The Morgan fingerprint density at radius 2 is 1.96 bits per heavy atom. The standard InChI is InChI=1S/C20H19ClN2O5/c1-13-9-19(28-20(24)25)22-23(13)11-15-10-16(26-2)7-8-18(15)27-12-14-5-3-4-6-17(14)21/h3-10H,11-12H2,1-2H3,(H,24,25). The molecular weight excluding hydrogens is 384 g/mol. The maximum absolute atomic E-state index is 10.7. The van der Waals surface area contributed by atoms with E-state index in [0.717, 1.165) is 16.8 Å². The Balaban J connectivity index is 1.84. The minimum absolute atomic E-state index is 0.0198. The van der Waals surface area contributed by atoms with Crippen molar-refractivity contribution in [1.29, 1.82) is 0 Å². The fourth-order valence-corrected chi connectivity index (χ4v) is 2.85. The van der Waals surface area contributed by atoms with Crippen LogP contribution in [0.15, 0.2) is 48.5 Å². The summed E-state index contributed by atoms with van der Waals surface area (Å²) in [7, 11) is 1.58. The van der Waals surface area contributed by atoms with Gasteiger partial charge in [0.05, 0.1) is 13.7 Å². The molecule has 0 bridgehead atoms. The normalized spacial score (nSPS) is 10.5.